The van der Waals surface area contributed by atoms with Crippen molar-refractivity contribution in [2.75, 3.05) is 44.4 Å². The number of rotatable bonds is 10. The molecule has 2 N–H and O–H groups in total. The predicted molar refractivity (Wildman–Crippen MR) is 177 cm³/mol. The molecule has 1 saturated carbocycles. The molecule has 4 rings (SSSR count). The average Bonchev–Trinajstić information content (AvgIpc) is 2.96. The number of carbonyl (C=O) groups is 3. The van der Waals surface area contributed by atoms with Gasteiger partial charge in [-0.25, -0.2) is 0 Å². The number of ketones is 1. The second-order valence-corrected chi connectivity index (χ2v) is 12.0. The van der Waals surface area contributed by atoms with Gasteiger partial charge >= 0.3 is 0 Å². The number of anilines is 2. The Balaban J connectivity index is 0.000000250. The van der Waals surface area contributed by atoms with Gasteiger partial charge in [0, 0.05) is 40.4 Å². The highest BCUT2D eigenvalue weighted by Crippen LogP contribution is 2.32. The van der Waals surface area contributed by atoms with Crippen molar-refractivity contribution < 1.29 is 19.1 Å². The van der Waals surface area contributed by atoms with Gasteiger partial charge in [0.25, 0.3) is 0 Å². The quantitative estimate of drug-likeness (QED) is 0.204. The number of likely N-dealkylation sites (tertiary alicyclic amines) is 1. The normalized spacial score (nSPS) is 17.8. The molecule has 0 bridgehead atoms. The van der Waals surface area contributed by atoms with Crippen LogP contribution in [0.1, 0.15) is 87.2 Å². The van der Waals surface area contributed by atoms with E-state index in [2.05, 4.69) is 38.4 Å². The number of halogens is 1. The molecule has 0 unspecified atom stereocenters. The van der Waals surface area contributed by atoms with Gasteiger partial charge in [-0.3, -0.25) is 14.5 Å². The maximum Gasteiger partial charge on any atom is 0.227 e. The second-order valence-electron chi connectivity index (χ2n) is 11.1. The summed E-state index contributed by atoms with van der Waals surface area (Å²) in [5, 5.41) is 6.07. The van der Waals surface area contributed by atoms with Crippen molar-refractivity contribution in [2.45, 2.75) is 79.1 Å². The zero-order chi connectivity index (χ0) is 31.1. The Kier molecular flexibility index (Phi) is 15.8. The van der Waals surface area contributed by atoms with Crippen LogP contribution in [-0.2, 0) is 16.0 Å². The van der Waals surface area contributed by atoms with Crippen molar-refractivity contribution in [3.63, 3.8) is 0 Å². The number of methoxy groups -OCH3 is 1. The van der Waals surface area contributed by atoms with Crippen LogP contribution in [0.5, 0.6) is 5.75 Å². The van der Waals surface area contributed by atoms with Gasteiger partial charge in [-0.05, 0) is 101 Å². The van der Waals surface area contributed by atoms with Gasteiger partial charge in [-0.15, -0.1) is 0 Å². The molecule has 1 amide bonds. The molecule has 0 atom stereocenters. The van der Waals surface area contributed by atoms with Crippen molar-refractivity contribution in [1.29, 1.82) is 0 Å². The number of amides is 1. The molecule has 1 heterocycles. The largest absolute Gasteiger partial charge is 0.496 e. The first-order valence-corrected chi connectivity index (χ1v) is 16.1. The molecule has 0 aromatic heterocycles. The minimum absolute atomic E-state index is 0.111. The first kappa shape index (κ1) is 35.5. The van der Waals surface area contributed by atoms with Gasteiger partial charge in [-0.1, -0.05) is 48.7 Å². The van der Waals surface area contributed by atoms with E-state index in [-0.39, 0.29) is 17.6 Å². The molecular weight excluding hydrogens is 594 g/mol. The highest BCUT2D eigenvalue weighted by molar-refractivity contribution is 9.10. The van der Waals surface area contributed by atoms with E-state index in [1.807, 2.05) is 51.2 Å². The Morgan fingerprint density at radius 3 is 2.24 bits per heavy atom. The first-order valence-electron chi connectivity index (χ1n) is 15.3. The van der Waals surface area contributed by atoms with Crippen molar-refractivity contribution >= 4 is 45.3 Å². The number of hydrogen-bond acceptors (Lipinski definition) is 6. The molecule has 1 aliphatic heterocycles. The Morgan fingerprint density at radius 1 is 1.07 bits per heavy atom. The van der Waals surface area contributed by atoms with Gasteiger partial charge in [0.15, 0.2) is 5.78 Å². The lowest BCUT2D eigenvalue weighted by molar-refractivity contribution is -0.121. The summed E-state index contributed by atoms with van der Waals surface area (Å²) >= 11 is 3.48. The fourth-order valence-corrected chi connectivity index (χ4v) is 6.13. The molecule has 232 valence electrons. The SMILES string of the molecule is CCCC1CCC(C(=O)Nc2ccc(C)c(OC)c2)CC1.CCc1c(Br)cc(NC)cc1C(C)=O.O=CCN1CCC1. The Labute approximate surface area is 261 Å². The van der Waals surface area contributed by atoms with E-state index in [0.717, 1.165) is 82.8 Å². The number of aldehydes is 1. The van der Waals surface area contributed by atoms with Crippen molar-refractivity contribution in [1.82, 2.24) is 4.90 Å². The maximum atomic E-state index is 12.4. The predicted octanol–water partition coefficient (Wildman–Crippen LogP) is 7.70. The molecule has 1 saturated heterocycles. The number of carbonyl (C=O) groups excluding carboxylic acids is 3. The van der Waals surface area contributed by atoms with Gasteiger partial charge in [-0.2, -0.15) is 0 Å². The lowest BCUT2D eigenvalue weighted by Crippen LogP contribution is -2.38. The highest BCUT2D eigenvalue weighted by atomic mass is 79.9. The standard InChI is InChI=1S/C18H27NO2.C11H14BrNO.C5H9NO/c1-4-5-14-7-9-15(10-8-14)18(20)19-16-11-6-13(2)17(12-16)21-3;1-4-9-10(7(2)14)5-8(13-3)6-11(9)12;7-5-4-6-2-1-3-6/h6,11-12,14-15H,4-5,7-10H2,1-3H3,(H,19,20);5-6,13H,4H2,1-3H3;5H,1-4H2. The number of benzene rings is 2. The Hall–Kier alpha value is -2.71. The molecule has 0 radical (unpaired) electrons. The molecule has 2 aromatic rings. The van der Waals surface area contributed by atoms with Crippen LogP contribution in [0.3, 0.4) is 0 Å². The van der Waals surface area contributed by atoms with Crippen LogP contribution in [0, 0.1) is 18.8 Å². The summed E-state index contributed by atoms with van der Waals surface area (Å²) in [7, 11) is 3.50. The van der Waals surface area contributed by atoms with Crippen molar-refractivity contribution in [2.24, 2.45) is 11.8 Å². The molecule has 42 heavy (non-hydrogen) atoms. The minimum atomic E-state index is 0.111. The second kappa shape index (κ2) is 18.7. The molecule has 2 aliphatic rings. The molecule has 2 fully saturated rings. The van der Waals surface area contributed by atoms with E-state index < -0.39 is 0 Å². The third kappa shape index (κ3) is 11.2. The highest BCUT2D eigenvalue weighted by Gasteiger charge is 2.26. The fourth-order valence-electron chi connectivity index (χ4n) is 5.39. The summed E-state index contributed by atoms with van der Waals surface area (Å²) < 4.78 is 6.30. The van der Waals surface area contributed by atoms with Crippen LogP contribution in [-0.4, -0.2) is 56.7 Å². The number of aryl methyl sites for hydroxylation is 1. The topological polar surface area (TPSA) is 87.7 Å². The van der Waals surface area contributed by atoms with Gasteiger partial charge in [0.1, 0.15) is 12.0 Å². The van der Waals surface area contributed by atoms with Crippen LogP contribution >= 0.6 is 15.9 Å². The Bertz CT molecular complexity index is 1160. The summed E-state index contributed by atoms with van der Waals surface area (Å²) in [5.41, 5.74) is 4.75. The van der Waals surface area contributed by atoms with E-state index >= 15 is 0 Å². The summed E-state index contributed by atoms with van der Waals surface area (Å²) in [6, 6.07) is 9.71. The molecule has 0 spiro atoms. The van der Waals surface area contributed by atoms with Crippen LogP contribution in [0.2, 0.25) is 0 Å². The number of hydrogen-bond donors (Lipinski definition) is 2. The van der Waals surface area contributed by atoms with E-state index in [1.54, 1.807) is 14.0 Å². The van der Waals surface area contributed by atoms with Crippen LogP contribution in [0.25, 0.3) is 0 Å². The molecule has 7 nitrogen and oxygen atoms in total. The van der Waals surface area contributed by atoms with Gasteiger partial charge < -0.3 is 20.2 Å². The van der Waals surface area contributed by atoms with E-state index in [0.29, 0.717) is 6.54 Å². The monoisotopic (exact) mass is 643 g/mol. The summed E-state index contributed by atoms with van der Waals surface area (Å²) in [6.45, 7) is 10.8. The lowest BCUT2D eigenvalue weighted by Gasteiger charge is -2.27. The van der Waals surface area contributed by atoms with Gasteiger partial charge in [0.05, 0.1) is 13.7 Å². The number of ether oxygens (including phenoxy) is 1. The summed E-state index contributed by atoms with van der Waals surface area (Å²) in [4.78, 5) is 35.6. The Morgan fingerprint density at radius 2 is 1.76 bits per heavy atom. The zero-order valence-electron chi connectivity index (χ0n) is 26.4. The third-order valence-electron chi connectivity index (χ3n) is 8.09. The van der Waals surface area contributed by atoms with Crippen LogP contribution in [0.15, 0.2) is 34.8 Å². The van der Waals surface area contributed by atoms with Crippen LogP contribution < -0.4 is 15.4 Å². The van der Waals surface area contributed by atoms with E-state index in [9.17, 15) is 14.4 Å². The maximum absolute atomic E-state index is 12.4. The fraction of sp³-hybridized carbons (Fsp3) is 0.559. The van der Waals surface area contributed by atoms with E-state index in [1.165, 1.54) is 32.1 Å². The smallest absolute Gasteiger partial charge is 0.227 e. The van der Waals surface area contributed by atoms with Crippen molar-refractivity contribution in [3.05, 3.63) is 51.5 Å². The summed E-state index contributed by atoms with van der Waals surface area (Å²) in [5.74, 6) is 2.10. The average molecular weight is 645 g/mol. The summed E-state index contributed by atoms with van der Waals surface area (Å²) in [6.07, 6.45) is 10.1. The van der Waals surface area contributed by atoms with Crippen LogP contribution in [0.4, 0.5) is 11.4 Å². The molecule has 1 aliphatic carbocycles. The lowest BCUT2D eigenvalue weighted by atomic mass is 9.80. The minimum Gasteiger partial charge on any atom is -0.496 e. The number of nitrogens with zero attached hydrogens (tertiary/aromatic N) is 1. The van der Waals surface area contributed by atoms with E-state index in [4.69, 9.17) is 4.74 Å². The molecule has 2 aromatic carbocycles. The molecule has 8 heteroatoms. The molecular formula is C34H50BrN3O4. The first-order chi connectivity index (χ1) is 20.2. The number of nitrogens with one attached hydrogen (secondary N) is 2. The van der Waals surface area contributed by atoms with Crippen molar-refractivity contribution in [3.8, 4) is 5.75 Å². The number of Topliss-reactive ketones (excluding diaryl/α,β-unsaturated/α-hetero) is 1. The van der Waals surface area contributed by atoms with Gasteiger partial charge in [0.2, 0.25) is 5.91 Å². The third-order valence-corrected chi connectivity index (χ3v) is 8.80. The zero-order valence-corrected chi connectivity index (χ0v) is 27.9.